The summed E-state index contributed by atoms with van der Waals surface area (Å²) in [5.74, 6) is -0.447. The molecule has 0 radical (unpaired) electrons. The summed E-state index contributed by atoms with van der Waals surface area (Å²) in [6, 6.07) is 0. The number of ether oxygens (including phenoxy) is 2. The third-order valence-electron chi connectivity index (χ3n) is 2.45. The Morgan fingerprint density at radius 3 is 2.12 bits per heavy atom. The SMILES string of the molecule is C[C@@H](OC(=O)OCC(CO)CO)C(C)(C)C. The molecule has 0 heterocycles. The molecule has 2 N–H and O–H groups in total. The second-order valence-electron chi connectivity index (χ2n) is 4.92. The molecule has 0 aromatic rings. The van der Waals surface area contributed by atoms with Crippen molar-refractivity contribution in [2.45, 2.75) is 33.8 Å². The van der Waals surface area contributed by atoms with Gasteiger partial charge in [0.25, 0.3) is 0 Å². The van der Waals surface area contributed by atoms with Crippen LogP contribution >= 0.6 is 0 Å². The Morgan fingerprint density at radius 1 is 1.25 bits per heavy atom. The van der Waals surface area contributed by atoms with Gasteiger partial charge < -0.3 is 19.7 Å². The summed E-state index contributed by atoms with van der Waals surface area (Å²) in [6.45, 7) is 7.16. The van der Waals surface area contributed by atoms with E-state index in [-0.39, 0.29) is 31.3 Å². The van der Waals surface area contributed by atoms with E-state index in [2.05, 4.69) is 0 Å². The smallest absolute Gasteiger partial charge is 0.434 e. The molecule has 0 unspecified atom stereocenters. The minimum absolute atomic E-state index is 0.0390. The van der Waals surface area contributed by atoms with Gasteiger partial charge in [-0.15, -0.1) is 0 Å². The molecule has 96 valence electrons. The van der Waals surface area contributed by atoms with Crippen LogP contribution in [0.3, 0.4) is 0 Å². The van der Waals surface area contributed by atoms with Gasteiger partial charge in [0, 0.05) is 5.92 Å². The van der Waals surface area contributed by atoms with Crippen molar-refractivity contribution in [3.8, 4) is 0 Å². The number of aliphatic hydroxyl groups is 2. The second-order valence-corrected chi connectivity index (χ2v) is 4.92. The first kappa shape index (κ1) is 15.2. The maximum atomic E-state index is 11.2. The van der Waals surface area contributed by atoms with Crippen molar-refractivity contribution < 1.29 is 24.5 Å². The van der Waals surface area contributed by atoms with Crippen molar-refractivity contribution in [3.05, 3.63) is 0 Å². The van der Waals surface area contributed by atoms with Crippen LogP contribution in [-0.2, 0) is 9.47 Å². The van der Waals surface area contributed by atoms with Crippen LogP contribution in [0.2, 0.25) is 0 Å². The van der Waals surface area contributed by atoms with Crippen molar-refractivity contribution in [2.75, 3.05) is 19.8 Å². The highest BCUT2D eigenvalue weighted by molar-refractivity contribution is 5.60. The lowest BCUT2D eigenvalue weighted by molar-refractivity contribution is -0.0211. The summed E-state index contributed by atoms with van der Waals surface area (Å²) >= 11 is 0. The Bertz CT molecular complexity index is 205. The minimum Gasteiger partial charge on any atom is -0.434 e. The van der Waals surface area contributed by atoms with Crippen LogP contribution in [0.15, 0.2) is 0 Å². The molecule has 0 fully saturated rings. The quantitative estimate of drug-likeness (QED) is 0.698. The predicted octanol–water partition coefficient (Wildman–Crippen LogP) is 1.18. The maximum absolute atomic E-state index is 11.2. The van der Waals surface area contributed by atoms with Gasteiger partial charge in [-0.1, -0.05) is 20.8 Å². The minimum atomic E-state index is -0.769. The molecule has 0 spiro atoms. The van der Waals surface area contributed by atoms with E-state index in [0.717, 1.165) is 0 Å². The van der Waals surface area contributed by atoms with Crippen LogP contribution in [0, 0.1) is 11.3 Å². The third-order valence-corrected chi connectivity index (χ3v) is 2.45. The van der Waals surface area contributed by atoms with Gasteiger partial charge in [0.15, 0.2) is 0 Å². The molecule has 0 bridgehead atoms. The van der Waals surface area contributed by atoms with E-state index in [9.17, 15) is 4.79 Å². The van der Waals surface area contributed by atoms with Crippen LogP contribution in [-0.4, -0.2) is 42.3 Å². The Kier molecular flexibility index (Phi) is 6.36. The standard InChI is InChI=1S/C11H22O5/c1-8(11(2,3)4)16-10(14)15-7-9(5-12)6-13/h8-9,12-13H,5-7H2,1-4H3/t8-/m1/s1. The largest absolute Gasteiger partial charge is 0.508 e. The van der Waals surface area contributed by atoms with Crippen molar-refractivity contribution in [3.63, 3.8) is 0 Å². The van der Waals surface area contributed by atoms with Gasteiger partial charge in [-0.25, -0.2) is 4.79 Å². The van der Waals surface area contributed by atoms with Gasteiger partial charge in [-0.05, 0) is 12.3 Å². The first-order valence-corrected chi connectivity index (χ1v) is 5.36. The van der Waals surface area contributed by atoms with Crippen LogP contribution < -0.4 is 0 Å². The summed E-state index contributed by atoms with van der Waals surface area (Å²) in [5.41, 5.74) is -0.146. The fourth-order valence-electron chi connectivity index (χ4n) is 0.704. The highest BCUT2D eigenvalue weighted by atomic mass is 16.7. The van der Waals surface area contributed by atoms with Crippen LogP contribution in [0.5, 0.6) is 0 Å². The van der Waals surface area contributed by atoms with E-state index in [4.69, 9.17) is 19.7 Å². The molecule has 0 aliphatic carbocycles. The van der Waals surface area contributed by atoms with Crippen molar-refractivity contribution in [1.29, 1.82) is 0 Å². The number of hydrogen-bond donors (Lipinski definition) is 2. The van der Waals surface area contributed by atoms with Gasteiger partial charge in [-0.3, -0.25) is 0 Å². The number of hydrogen-bond acceptors (Lipinski definition) is 5. The highest BCUT2D eigenvalue weighted by Crippen LogP contribution is 2.21. The molecule has 5 heteroatoms. The molecule has 0 aliphatic heterocycles. The summed E-state index contributed by atoms with van der Waals surface area (Å²) in [5, 5.41) is 17.5. The normalized spacial score (nSPS) is 13.7. The Morgan fingerprint density at radius 2 is 1.75 bits per heavy atom. The maximum Gasteiger partial charge on any atom is 0.508 e. The molecule has 5 nitrogen and oxygen atoms in total. The summed E-state index contributed by atoms with van der Waals surface area (Å²) in [7, 11) is 0. The summed E-state index contributed by atoms with van der Waals surface area (Å²) < 4.78 is 9.80. The monoisotopic (exact) mass is 234 g/mol. The average molecular weight is 234 g/mol. The Labute approximate surface area is 96.4 Å². The van der Waals surface area contributed by atoms with Crippen molar-refractivity contribution in [1.82, 2.24) is 0 Å². The zero-order chi connectivity index (χ0) is 12.8. The van der Waals surface area contributed by atoms with Crippen molar-refractivity contribution >= 4 is 6.16 Å². The van der Waals surface area contributed by atoms with Gasteiger partial charge in [0.1, 0.15) is 12.7 Å². The molecule has 0 rings (SSSR count). The summed E-state index contributed by atoms with van der Waals surface area (Å²) in [6.07, 6.45) is -1.03. The van der Waals surface area contributed by atoms with Crippen molar-refractivity contribution in [2.24, 2.45) is 11.3 Å². The van der Waals surface area contributed by atoms with Gasteiger partial charge >= 0.3 is 6.16 Å². The van der Waals surface area contributed by atoms with E-state index in [1.165, 1.54) is 0 Å². The Hall–Kier alpha value is -0.810. The first-order chi connectivity index (χ1) is 7.31. The van der Waals surface area contributed by atoms with Crippen LogP contribution in [0.25, 0.3) is 0 Å². The number of carbonyl (C=O) groups excluding carboxylic acids is 1. The highest BCUT2D eigenvalue weighted by Gasteiger charge is 2.24. The summed E-state index contributed by atoms with van der Waals surface area (Å²) in [4.78, 5) is 11.2. The predicted molar refractivity (Wildman–Crippen MR) is 59.0 cm³/mol. The van der Waals surface area contributed by atoms with E-state index < -0.39 is 12.1 Å². The molecular formula is C11H22O5. The topological polar surface area (TPSA) is 76.0 Å². The zero-order valence-corrected chi connectivity index (χ0v) is 10.4. The fraction of sp³-hybridized carbons (Fsp3) is 0.909. The number of aliphatic hydroxyl groups excluding tert-OH is 2. The molecule has 0 aromatic heterocycles. The average Bonchev–Trinajstić information content (AvgIpc) is 2.17. The van der Waals surface area contributed by atoms with E-state index in [0.29, 0.717) is 0 Å². The number of rotatable bonds is 5. The fourth-order valence-corrected chi connectivity index (χ4v) is 0.704. The molecule has 0 saturated heterocycles. The van der Waals surface area contributed by atoms with E-state index >= 15 is 0 Å². The number of carbonyl (C=O) groups is 1. The zero-order valence-electron chi connectivity index (χ0n) is 10.4. The molecular weight excluding hydrogens is 212 g/mol. The van der Waals surface area contributed by atoms with Crippen LogP contribution in [0.1, 0.15) is 27.7 Å². The molecule has 16 heavy (non-hydrogen) atoms. The molecule has 0 amide bonds. The van der Waals surface area contributed by atoms with E-state index in [1.54, 1.807) is 6.92 Å². The van der Waals surface area contributed by atoms with Gasteiger partial charge in [0.2, 0.25) is 0 Å². The van der Waals surface area contributed by atoms with Gasteiger partial charge in [-0.2, -0.15) is 0 Å². The Balaban J connectivity index is 3.91. The lowest BCUT2D eigenvalue weighted by Gasteiger charge is -2.26. The van der Waals surface area contributed by atoms with Crippen LogP contribution in [0.4, 0.5) is 4.79 Å². The molecule has 0 aromatic carbocycles. The molecule has 0 aliphatic rings. The van der Waals surface area contributed by atoms with E-state index in [1.807, 2.05) is 20.8 Å². The van der Waals surface area contributed by atoms with Gasteiger partial charge in [0.05, 0.1) is 13.2 Å². The second kappa shape index (κ2) is 6.70. The lowest BCUT2D eigenvalue weighted by Crippen LogP contribution is -2.30. The molecule has 0 saturated carbocycles. The lowest BCUT2D eigenvalue weighted by atomic mass is 9.90. The first-order valence-electron chi connectivity index (χ1n) is 5.36. The third kappa shape index (κ3) is 5.92. The molecule has 1 atom stereocenters.